The van der Waals surface area contributed by atoms with Crippen molar-refractivity contribution in [1.29, 1.82) is 0 Å². The van der Waals surface area contributed by atoms with E-state index in [1.165, 1.54) is 0 Å². The fraction of sp³-hybridized carbons (Fsp3) is 0.240. The van der Waals surface area contributed by atoms with Crippen molar-refractivity contribution in [3.05, 3.63) is 151 Å². The molecular formula is C50H52N14O4. The van der Waals surface area contributed by atoms with Crippen LogP contribution < -0.4 is 30.9 Å². The molecule has 1 saturated heterocycles. The highest BCUT2D eigenvalue weighted by molar-refractivity contribution is 5.77. The number of allylic oxidation sites excluding steroid dienone is 1. The largest absolute Gasteiger partial charge is 0.495 e. The number of benzene rings is 1. The summed E-state index contributed by atoms with van der Waals surface area (Å²) < 4.78 is 22.9. The highest BCUT2D eigenvalue weighted by atomic mass is 16.5. The van der Waals surface area contributed by atoms with Gasteiger partial charge in [-0.15, -0.1) is 0 Å². The molecule has 2 aliphatic rings. The first-order valence-electron chi connectivity index (χ1n) is 22.1. The third-order valence-electron chi connectivity index (χ3n) is 11.6. The number of hydrogen-bond donors (Lipinski definition) is 4. The predicted molar refractivity (Wildman–Crippen MR) is 262 cm³/mol. The molecule has 1 aliphatic heterocycles. The van der Waals surface area contributed by atoms with Gasteiger partial charge in [-0.1, -0.05) is 19.1 Å². The highest BCUT2D eigenvalue weighted by Gasteiger charge is 2.33. The van der Waals surface area contributed by atoms with Crippen molar-refractivity contribution in [1.82, 2.24) is 44.8 Å². The molecule has 7 heterocycles. The Morgan fingerprint density at radius 2 is 1.28 bits per heavy atom. The number of rotatable bonds is 17. The number of pyridine rings is 4. The maximum Gasteiger partial charge on any atom is 0.229 e. The maximum atomic E-state index is 5.93. The van der Waals surface area contributed by atoms with Crippen LogP contribution in [0, 0.1) is 5.92 Å². The summed E-state index contributed by atoms with van der Waals surface area (Å²) in [6, 6.07) is 27.2. The van der Waals surface area contributed by atoms with Gasteiger partial charge in [-0.05, 0) is 72.3 Å². The van der Waals surface area contributed by atoms with E-state index in [4.69, 9.17) is 33.9 Å². The van der Waals surface area contributed by atoms with Crippen molar-refractivity contribution in [3.63, 3.8) is 0 Å². The number of nitrogens with one attached hydrogen (secondary N) is 4. The zero-order chi connectivity index (χ0) is 46.8. The number of methoxy groups -OCH3 is 4. The van der Waals surface area contributed by atoms with Crippen molar-refractivity contribution < 1.29 is 18.9 Å². The van der Waals surface area contributed by atoms with Gasteiger partial charge in [0.2, 0.25) is 11.9 Å². The van der Waals surface area contributed by atoms with Crippen molar-refractivity contribution in [2.24, 2.45) is 5.92 Å². The average Bonchev–Trinajstić information content (AvgIpc) is 3.38. The van der Waals surface area contributed by atoms with Crippen LogP contribution in [0.2, 0.25) is 0 Å². The van der Waals surface area contributed by atoms with E-state index in [-0.39, 0.29) is 12.0 Å². The second kappa shape index (κ2) is 21.0. The standard InChI is InChI=1S/C50H52N14O4/c1-32-38(29-42(66-3)48(68-5)47(32)67-4)60-50-55-22-17-44(62-50)59-39-27-33(30-56-46(39)36-12-7-9-19-52-36)31-63-23-25-64(26-24-63)40-15-14-34(28-41(40)65-2)57-49-54-21-16-43(61-49)58-37-13-10-20-53-45(37)35-11-6-8-18-51-35/h6-22,27-30,32,47H,23-26,31H2,1-5H3,(H2,54,57,58,61)(H2,55,59,60,62). The third kappa shape index (κ3) is 10.3. The molecule has 68 heavy (non-hydrogen) atoms. The molecule has 9 rings (SSSR count). The summed E-state index contributed by atoms with van der Waals surface area (Å²) in [6.45, 7) is 6.05. The first-order valence-corrected chi connectivity index (χ1v) is 22.1. The number of anilines is 8. The van der Waals surface area contributed by atoms with E-state index in [1.807, 2.05) is 92.0 Å². The first kappa shape index (κ1) is 45.0. The molecule has 1 fully saturated rings. The van der Waals surface area contributed by atoms with Gasteiger partial charge in [-0.25, -0.2) is 9.97 Å². The van der Waals surface area contributed by atoms with Gasteiger partial charge in [-0.2, -0.15) is 9.97 Å². The van der Waals surface area contributed by atoms with Crippen LogP contribution in [0.4, 0.5) is 46.3 Å². The van der Waals surface area contributed by atoms with Gasteiger partial charge in [0, 0.05) is 106 Å². The molecule has 0 bridgehead atoms. The zero-order valence-corrected chi connectivity index (χ0v) is 38.4. The molecule has 18 nitrogen and oxygen atoms in total. The molecule has 6 aromatic heterocycles. The molecule has 4 N–H and O–H groups in total. The second-order valence-electron chi connectivity index (χ2n) is 15.9. The average molecular weight is 913 g/mol. The smallest absolute Gasteiger partial charge is 0.229 e. The quantitative estimate of drug-likeness (QED) is 0.0682. The van der Waals surface area contributed by atoms with Gasteiger partial charge >= 0.3 is 0 Å². The Bertz CT molecular complexity index is 2900. The number of ether oxygens (including phenoxy) is 4. The summed E-state index contributed by atoms with van der Waals surface area (Å²) in [5.74, 6) is 3.91. The molecule has 0 spiro atoms. The Labute approximate surface area is 394 Å². The highest BCUT2D eigenvalue weighted by Crippen LogP contribution is 2.36. The Hall–Kier alpha value is -8.22. The minimum absolute atomic E-state index is 0.0846. The van der Waals surface area contributed by atoms with Gasteiger partial charge in [-0.3, -0.25) is 24.8 Å². The summed E-state index contributed by atoms with van der Waals surface area (Å²) in [7, 11) is 6.56. The van der Waals surface area contributed by atoms with Gasteiger partial charge in [0.25, 0.3) is 0 Å². The SMILES string of the molecule is COC1=C(OC)C(OC)C(C)C(Nc2nccc(Nc3cc(CN4CCN(c5ccc(Nc6nccc(Nc7cccnc7-c7ccccn7)n6)cc5OC)CC4)cnc3-c3ccccn3)n2)=C1. The lowest BCUT2D eigenvalue weighted by atomic mass is 9.93. The minimum Gasteiger partial charge on any atom is -0.495 e. The Morgan fingerprint density at radius 3 is 1.93 bits per heavy atom. The third-order valence-corrected chi connectivity index (χ3v) is 11.6. The monoisotopic (exact) mass is 912 g/mol. The summed E-state index contributed by atoms with van der Waals surface area (Å²) >= 11 is 0. The maximum absolute atomic E-state index is 5.93. The number of aromatic nitrogens is 8. The Morgan fingerprint density at radius 1 is 0.603 bits per heavy atom. The molecular weight excluding hydrogens is 861 g/mol. The van der Waals surface area contributed by atoms with Crippen LogP contribution in [0.25, 0.3) is 22.8 Å². The molecule has 1 aromatic carbocycles. The molecule has 0 amide bonds. The molecule has 1 aliphatic carbocycles. The lowest BCUT2D eigenvalue weighted by molar-refractivity contribution is 0.0400. The fourth-order valence-electron chi connectivity index (χ4n) is 8.25. The summed E-state index contributed by atoms with van der Waals surface area (Å²) in [5, 5.41) is 13.6. The van der Waals surface area contributed by atoms with Gasteiger partial charge in [0.1, 0.15) is 34.9 Å². The van der Waals surface area contributed by atoms with Crippen LogP contribution in [0.15, 0.2) is 145 Å². The summed E-state index contributed by atoms with van der Waals surface area (Å²) in [5.41, 5.74) is 8.20. The van der Waals surface area contributed by atoms with Gasteiger partial charge in [0.05, 0.1) is 49.8 Å². The minimum atomic E-state index is -0.346. The van der Waals surface area contributed by atoms with Crippen LogP contribution in [0.5, 0.6) is 5.75 Å². The van der Waals surface area contributed by atoms with E-state index >= 15 is 0 Å². The zero-order valence-electron chi connectivity index (χ0n) is 38.4. The van der Waals surface area contributed by atoms with Crippen molar-refractivity contribution in [2.75, 3.05) is 80.8 Å². The van der Waals surface area contributed by atoms with E-state index in [1.54, 1.807) is 59.4 Å². The molecule has 346 valence electrons. The van der Waals surface area contributed by atoms with Crippen molar-refractivity contribution >= 4 is 46.3 Å². The Kier molecular flexibility index (Phi) is 13.9. The van der Waals surface area contributed by atoms with Crippen molar-refractivity contribution in [2.45, 2.75) is 19.6 Å². The van der Waals surface area contributed by atoms with Crippen molar-refractivity contribution in [3.8, 4) is 28.5 Å². The normalized spacial score (nSPS) is 16.1. The van der Waals surface area contributed by atoms with Crippen LogP contribution in [-0.4, -0.2) is 105 Å². The summed E-state index contributed by atoms with van der Waals surface area (Å²) in [6.07, 6.45) is 12.1. The van der Waals surface area contributed by atoms with Crippen LogP contribution in [-0.2, 0) is 20.8 Å². The second-order valence-corrected chi connectivity index (χ2v) is 15.9. The van der Waals surface area contributed by atoms with Crippen LogP contribution in [0.3, 0.4) is 0 Å². The van der Waals surface area contributed by atoms with E-state index < -0.39 is 0 Å². The Balaban J connectivity index is 0.854. The van der Waals surface area contributed by atoms with E-state index in [0.717, 1.165) is 83.0 Å². The van der Waals surface area contributed by atoms with Gasteiger partial charge < -0.3 is 45.1 Å². The van der Waals surface area contributed by atoms with Crippen LogP contribution in [0.1, 0.15) is 12.5 Å². The lowest BCUT2D eigenvalue weighted by Gasteiger charge is -2.36. The van der Waals surface area contributed by atoms with E-state index in [9.17, 15) is 0 Å². The molecule has 0 radical (unpaired) electrons. The summed E-state index contributed by atoms with van der Waals surface area (Å²) in [4.78, 5) is 41.9. The van der Waals surface area contributed by atoms with Gasteiger partial charge in [0.15, 0.2) is 11.5 Å². The molecule has 0 saturated carbocycles. The predicted octanol–water partition coefficient (Wildman–Crippen LogP) is 8.21. The van der Waals surface area contributed by atoms with Crippen LogP contribution >= 0.6 is 0 Å². The molecule has 7 aromatic rings. The number of nitrogens with zero attached hydrogens (tertiary/aromatic N) is 10. The fourth-order valence-corrected chi connectivity index (χ4v) is 8.25. The number of hydrogen-bond acceptors (Lipinski definition) is 18. The lowest BCUT2D eigenvalue weighted by Crippen LogP contribution is -2.46. The molecule has 2 unspecified atom stereocenters. The molecule has 18 heteroatoms. The number of piperazine rings is 1. The topological polar surface area (TPSA) is 195 Å². The first-order chi connectivity index (χ1) is 33.4. The molecule has 2 atom stereocenters. The van der Waals surface area contributed by atoms with E-state index in [0.29, 0.717) is 47.3 Å². The van der Waals surface area contributed by atoms with E-state index in [2.05, 4.69) is 68.1 Å².